The Kier molecular flexibility index (Phi) is 13.3. The number of rotatable bonds is 18. The third-order valence-corrected chi connectivity index (χ3v) is 9.93. The maximum absolute atomic E-state index is 13.5. The molecule has 0 bridgehead atoms. The first-order valence-electron chi connectivity index (χ1n) is 18.9. The Bertz CT molecular complexity index is 2150. The molecule has 1 N–H and O–H groups in total. The van der Waals surface area contributed by atoms with Gasteiger partial charge in [0.05, 0.1) is 50.5 Å². The fourth-order valence-electron chi connectivity index (χ4n) is 7.11. The number of hydrogen-bond acceptors (Lipinski definition) is 10. The number of benzene rings is 5. The number of nitrogens with zero attached hydrogens (tertiary/aromatic N) is 1. The molecule has 6 aromatic rings. The van der Waals surface area contributed by atoms with E-state index >= 15 is 0 Å². The SMILES string of the molecule is CON(OC1O[C@H](COCc2ccccc2)[C@@H](OCc2ccccc2)[C@H]1OCc1ccccc1)C(C)CC(c1ccccc1)c1c(O)c2ccccc2oc1=O. The highest BCUT2D eigenvalue weighted by Gasteiger charge is 2.49. The molecule has 10 nitrogen and oxygen atoms in total. The topological polar surface area (TPSA) is 109 Å². The van der Waals surface area contributed by atoms with E-state index in [2.05, 4.69) is 0 Å². The Morgan fingerprint density at radius 3 is 1.84 bits per heavy atom. The van der Waals surface area contributed by atoms with Gasteiger partial charge in [-0.15, -0.1) is 0 Å². The lowest BCUT2D eigenvalue weighted by atomic mass is 9.86. The van der Waals surface area contributed by atoms with E-state index in [4.69, 9.17) is 33.0 Å². The predicted molar refractivity (Wildman–Crippen MR) is 211 cm³/mol. The van der Waals surface area contributed by atoms with E-state index in [1.165, 1.54) is 12.3 Å². The van der Waals surface area contributed by atoms with Crippen molar-refractivity contribution in [2.24, 2.45) is 0 Å². The Balaban J connectivity index is 1.16. The molecule has 1 aliphatic heterocycles. The van der Waals surface area contributed by atoms with Crippen molar-refractivity contribution < 1.29 is 38.1 Å². The summed E-state index contributed by atoms with van der Waals surface area (Å²) in [5, 5.41) is 13.3. The average molecular weight is 758 g/mol. The second kappa shape index (κ2) is 19.1. The van der Waals surface area contributed by atoms with Crippen LogP contribution >= 0.6 is 0 Å². The molecular weight excluding hydrogens is 711 g/mol. The van der Waals surface area contributed by atoms with E-state index in [-0.39, 0.29) is 24.5 Å². The van der Waals surface area contributed by atoms with Crippen LogP contribution in [0, 0.1) is 0 Å². The van der Waals surface area contributed by atoms with Gasteiger partial charge in [-0.05, 0) is 47.7 Å². The zero-order valence-corrected chi connectivity index (χ0v) is 31.5. The quantitative estimate of drug-likeness (QED) is 0.0680. The molecule has 1 aliphatic rings. The van der Waals surface area contributed by atoms with Gasteiger partial charge >= 0.3 is 5.63 Å². The molecule has 290 valence electrons. The normalized spacial score (nSPS) is 19.3. The van der Waals surface area contributed by atoms with Crippen LogP contribution < -0.4 is 5.63 Å². The van der Waals surface area contributed by atoms with Crippen molar-refractivity contribution >= 4 is 11.0 Å². The molecule has 5 aromatic carbocycles. The summed E-state index contributed by atoms with van der Waals surface area (Å²) in [6, 6.07) is 45.8. The first-order chi connectivity index (χ1) is 27.5. The zero-order valence-electron chi connectivity index (χ0n) is 31.5. The van der Waals surface area contributed by atoms with Gasteiger partial charge in [-0.1, -0.05) is 139 Å². The van der Waals surface area contributed by atoms with Crippen molar-refractivity contribution in [2.45, 2.75) is 69.7 Å². The van der Waals surface area contributed by atoms with Crippen molar-refractivity contribution in [1.82, 2.24) is 5.23 Å². The molecule has 7 rings (SSSR count). The molecule has 0 aliphatic carbocycles. The smallest absolute Gasteiger partial charge is 0.343 e. The third-order valence-electron chi connectivity index (χ3n) is 9.93. The number of hydroxylamine groups is 2. The fourth-order valence-corrected chi connectivity index (χ4v) is 7.11. The Morgan fingerprint density at radius 2 is 1.23 bits per heavy atom. The van der Waals surface area contributed by atoms with Crippen LogP contribution in [-0.2, 0) is 48.4 Å². The second-order valence-corrected chi connectivity index (χ2v) is 13.8. The summed E-state index contributed by atoms with van der Waals surface area (Å²) in [5.74, 6) is -0.697. The van der Waals surface area contributed by atoms with E-state index in [1.807, 2.05) is 128 Å². The Labute approximate surface area is 326 Å². The molecule has 6 atom stereocenters. The van der Waals surface area contributed by atoms with E-state index in [9.17, 15) is 9.90 Å². The van der Waals surface area contributed by atoms with Crippen LogP contribution in [0.1, 0.15) is 47.1 Å². The number of aromatic hydroxyl groups is 1. The first-order valence-corrected chi connectivity index (χ1v) is 18.9. The van der Waals surface area contributed by atoms with Gasteiger partial charge in [0.25, 0.3) is 0 Å². The lowest BCUT2D eigenvalue weighted by Crippen LogP contribution is -2.44. The second-order valence-electron chi connectivity index (χ2n) is 13.8. The van der Waals surface area contributed by atoms with Crippen molar-refractivity contribution in [3.05, 3.63) is 184 Å². The number of para-hydroxylation sites is 1. The molecule has 0 radical (unpaired) electrons. The fraction of sp³-hybridized carbons (Fsp3) is 0.283. The maximum Gasteiger partial charge on any atom is 0.343 e. The molecule has 10 heteroatoms. The molecule has 0 spiro atoms. The van der Waals surface area contributed by atoms with Gasteiger partial charge in [0.15, 0.2) is 0 Å². The van der Waals surface area contributed by atoms with Crippen molar-refractivity contribution in [3.8, 4) is 5.75 Å². The highest BCUT2D eigenvalue weighted by molar-refractivity contribution is 5.84. The minimum absolute atomic E-state index is 0.118. The molecule has 1 saturated heterocycles. The van der Waals surface area contributed by atoms with Gasteiger partial charge in [0.2, 0.25) is 6.29 Å². The van der Waals surface area contributed by atoms with Gasteiger partial charge in [0.1, 0.15) is 29.6 Å². The minimum atomic E-state index is -0.971. The van der Waals surface area contributed by atoms with Crippen LogP contribution in [-0.4, -0.2) is 54.7 Å². The van der Waals surface area contributed by atoms with Crippen molar-refractivity contribution in [1.29, 1.82) is 0 Å². The van der Waals surface area contributed by atoms with Crippen LogP contribution in [0.5, 0.6) is 5.75 Å². The van der Waals surface area contributed by atoms with E-state index in [0.717, 1.165) is 22.3 Å². The molecule has 2 heterocycles. The summed E-state index contributed by atoms with van der Waals surface area (Å²) in [6.07, 6.45) is -2.51. The third kappa shape index (κ3) is 9.61. The summed E-state index contributed by atoms with van der Waals surface area (Å²) in [4.78, 5) is 26.0. The standard InChI is InChI=1S/C46H47NO9/c1-32(27-38(36-23-13-6-14-24-36)41-42(48)37-25-15-16-26-39(37)54-45(41)49)47(50-2)56-46-44(53-30-35-21-11-5-12-22-35)43(52-29-34-19-9-4-10-20-34)40(55-46)31-51-28-33-17-7-3-8-18-33/h3-26,32,38,40,43-44,46,48H,27-31H2,1-2H3/t32?,38?,40-,43-,44-,46?/m1/s1. The summed E-state index contributed by atoms with van der Waals surface area (Å²) in [5.41, 5.74) is 3.69. The van der Waals surface area contributed by atoms with Crippen LogP contribution in [0.2, 0.25) is 0 Å². The molecule has 56 heavy (non-hydrogen) atoms. The highest BCUT2D eigenvalue weighted by atomic mass is 17.0. The van der Waals surface area contributed by atoms with Gasteiger partial charge in [-0.3, -0.25) is 4.84 Å². The van der Waals surface area contributed by atoms with Gasteiger partial charge < -0.3 is 28.5 Å². The minimum Gasteiger partial charge on any atom is -0.507 e. The molecule has 1 aromatic heterocycles. The number of hydrogen-bond donors (Lipinski definition) is 1. The highest BCUT2D eigenvalue weighted by Crippen LogP contribution is 2.38. The number of fused-ring (bicyclic) bond motifs is 1. The lowest BCUT2D eigenvalue weighted by Gasteiger charge is -2.32. The molecule has 0 saturated carbocycles. The molecule has 3 unspecified atom stereocenters. The van der Waals surface area contributed by atoms with Crippen LogP contribution in [0.15, 0.2) is 155 Å². The van der Waals surface area contributed by atoms with Gasteiger partial charge in [-0.2, -0.15) is 0 Å². The monoisotopic (exact) mass is 757 g/mol. The van der Waals surface area contributed by atoms with Gasteiger partial charge in [0, 0.05) is 5.92 Å². The van der Waals surface area contributed by atoms with Crippen LogP contribution in [0.25, 0.3) is 11.0 Å². The summed E-state index contributed by atoms with van der Waals surface area (Å²) < 4.78 is 31.8. The van der Waals surface area contributed by atoms with Crippen molar-refractivity contribution in [3.63, 3.8) is 0 Å². The van der Waals surface area contributed by atoms with Crippen LogP contribution in [0.3, 0.4) is 0 Å². The lowest BCUT2D eigenvalue weighted by molar-refractivity contribution is -0.430. The number of ether oxygens (including phenoxy) is 4. The first kappa shape index (κ1) is 39.1. The van der Waals surface area contributed by atoms with Gasteiger partial charge in [-0.25, -0.2) is 9.63 Å². The van der Waals surface area contributed by atoms with E-state index < -0.39 is 42.2 Å². The average Bonchev–Trinajstić information content (AvgIpc) is 3.57. The predicted octanol–water partition coefficient (Wildman–Crippen LogP) is 8.32. The summed E-state index contributed by atoms with van der Waals surface area (Å²) >= 11 is 0. The maximum atomic E-state index is 13.5. The molecule has 1 fully saturated rings. The summed E-state index contributed by atoms with van der Waals surface area (Å²) in [6.45, 7) is 3.13. The van der Waals surface area contributed by atoms with E-state index in [0.29, 0.717) is 30.6 Å². The largest absolute Gasteiger partial charge is 0.507 e. The Hall–Kier alpha value is -5.17. The summed E-state index contributed by atoms with van der Waals surface area (Å²) in [7, 11) is 1.51. The molecule has 0 amide bonds. The van der Waals surface area contributed by atoms with Crippen LogP contribution in [0.4, 0.5) is 0 Å². The zero-order chi connectivity index (χ0) is 38.7. The van der Waals surface area contributed by atoms with E-state index in [1.54, 1.807) is 24.3 Å². The molecular formula is C46H47NO9. The Morgan fingerprint density at radius 1 is 0.696 bits per heavy atom. The van der Waals surface area contributed by atoms with Crippen molar-refractivity contribution in [2.75, 3.05) is 13.7 Å².